The first kappa shape index (κ1) is 13.3. The first-order valence-electron chi connectivity index (χ1n) is 7.37. The molecule has 0 radical (unpaired) electrons. The molecule has 1 spiro atoms. The van der Waals surface area contributed by atoms with E-state index in [4.69, 9.17) is 9.47 Å². The number of carboxylic acid groups (broad SMARTS) is 1. The Morgan fingerprint density at radius 2 is 2.21 bits per heavy atom. The van der Waals surface area contributed by atoms with Gasteiger partial charge in [0.05, 0.1) is 18.1 Å². The summed E-state index contributed by atoms with van der Waals surface area (Å²) in [5.41, 5.74) is -0.0842. The summed E-state index contributed by atoms with van der Waals surface area (Å²) >= 11 is 0. The van der Waals surface area contributed by atoms with Crippen LogP contribution >= 0.6 is 0 Å². The molecule has 3 saturated heterocycles. The van der Waals surface area contributed by atoms with E-state index in [0.29, 0.717) is 19.2 Å². The summed E-state index contributed by atoms with van der Waals surface area (Å²) in [5.74, 6) is -0.831. The molecule has 0 amide bonds. The molecular weight excluding hydrogens is 246 g/mol. The molecule has 0 aromatic rings. The lowest BCUT2D eigenvalue weighted by molar-refractivity contribution is -0.145. The van der Waals surface area contributed by atoms with Crippen LogP contribution in [0.5, 0.6) is 0 Å². The Balaban J connectivity index is 1.63. The van der Waals surface area contributed by atoms with Gasteiger partial charge < -0.3 is 14.6 Å². The molecule has 3 unspecified atom stereocenters. The van der Waals surface area contributed by atoms with Gasteiger partial charge in [-0.05, 0) is 32.2 Å². The van der Waals surface area contributed by atoms with Crippen molar-refractivity contribution < 1.29 is 19.4 Å². The first-order valence-corrected chi connectivity index (χ1v) is 7.37. The van der Waals surface area contributed by atoms with Crippen LogP contribution in [-0.2, 0) is 14.3 Å². The highest BCUT2D eigenvalue weighted by Crippen LogP contribution is 2.35. The van der Waals surface area contributed by atoms with E-state index in [0.717, 1.165) is 51.9 Å². The number of carbonyl (C=O) groups is 1. The van der Waals surface area contributed by atoms with Crippen molar-refractivity contribution in [3.05, 3.63) is 0 Å². The van der Waals surface area contributed by atoms with Gasteiger partial charge in [0.2, 0.25) is 0 Å². The van der Waals surface area contributed by atoms with Gasteiger partial charge >= 0.3 is 5.97 Å². The molecule has 3 aliphatic heterocycles. The van der Waals surface area contributed by atoms with Crippen LogP contribution in [0.15, 0.2) is 0 Å². The number of aliphatic carboxylic acids is 1. The van der Waals surface area contributed by atoms with Crippen molar-refractivity contribution >= 4 is 5.97 Å². The Morgan fingerprint density at radius 1 is 1.32 bits per heavy atom. The summed E-state index contributed by atoms with van der Waals surface area (Å²) in [7, 11) is 0. The zero-order valence-corrected chi connectivity index (χ0v) is 11.3. The number of carboxylic acids is 1. The molecule has 0 saturated carbocycles. The van der Waals surface area contributed by atoms with E-state index >= 15 is 0 Å². The van der Waals surface area contributed by atoms with Crippen LogP contribution in [0.2, 0.25) is 0 Å². The summed E-state index contributed by atoms with van der Waals surface area (Å²) in [6, 6.07) is 0.470. The van der Waals surface area contributed by atoms with E-state index in [1.807, 2.05) is 0 Å². The Hall–Kier alpha value is -0.650. The summed E-state index contributed by atoms with van der Waals surface area (Å²) in [6.07, 6.45) is 4.83. The van der Waals surface area contributed by atoms with Crippen LogP contribution in [0.3, 0.4) is 0 Å². The second-order valence-electron chi connectivity index (χ2n) is 6.15. The average molecular weight is 269 g/mol. The summed E-state index contributed by atoms with van der Waals surface area (Å²) in [6.45, 7) is 4.02. The van der Waals surface area contributed by atoms with Gasteiger partial charge in [0, 0.05) is 32.2 Å². The molecule has 0 aromatic heterocycles. The fraction of sp³-hybridized carbons (Fsp3) is 0.929. The fourth-order valence-electron chi connectivity index (χ4n) is 3.72. The predicted molar refractivity (Wildman–Crippen MR) is 69.1 cm³/mol. The average Bonchev–Trinajstić information content (AvgIpc) is 2.87. The zero-order valence-electron chi connectivity index (χ0n) is 11.3. The second kappa shape index (κ2) is 5.38. The molecule has 19 heavy (non-hydrogen) atoms. The highest BCUT2D eigenvalue weighted by atomic mass is 16.6. The van der Waals surface area contributed by atoms with E-state index in [2.05, 4.69) is 4.90 Å². The Bertz CT molecular complexity index is 340. The molecular formula is C14H23NO4. The monoisotopic (exact) mass is 269 g/mol. The van der Waals surface area contributed by atoms with Crippen molar-refractivity contribution in [2.45, 2.75) is 43.7 Å². The lowest BCUT2D eigenvalue weighted by atomic mass is 9.87. The van der Waals surface area contributed by atoms with Gasteiger partial charge in [-0.1, -0.05) is 0 Å². The van der Waals surface area contributed by atoms with Crippen LogP contribution in [0.1, 0.15) is 32.1 Å². The molecule has 0 aliphatic carbocycles. The van der Waals surface area contributed by atoms with Crippen LogP contribution < -0.4 is 0 Å². The lowest BCUT2D eigenvalue weighted by Gasteiger charge is -2.44. The van der Waals surface area contributed by atoms with E-state index in [1.165, 1.54) is 0 Å². The van der Waals surface area contributed by atoms with E-state index in [-0.39, 0.29) is 11.5 Å². The lowest BCUT2D eigenvalue weighted by Crippen LogP contribution is -2.52. The van der Waals surface area contributed by atoms with E-state index < -0.39 is 5.97 Å². The Kier molecular flexibility index (Phi) is 3.78. The minimum Gasteiger partial charge on any atom is -0.481 e. The van der Waals surface area contributed by atoms with Gasteiger partial charge in [0.1, 0.15) is 0 Å². The maximum absolute atomic E-state index is 11.2. The van der Waals surface area contributed by atoms with E-state index in [9.17, 15) is 9.90 Å². The smallest absolute Gasteiger partial charge is 0.307 e. The van der Waals surface area contributed by atoms with Crippen LogP contribution in [-0.4, -0.2) is 60.5 Å². The Labute approximate surface area is 113 Å². The van der Waals surface area contributed by atoms with Crippen molar-refractivity contribution in [2.24, 2.45) is 5.92 Å². The number of rotatable bonds is 2. The first-order chi connectivity index (χ1) is 9.19. The molecule has 1 N–H and O–H groups in total. The van der Waals surface area contributed by atoms with Gasteiger partial charge in [-0.15, -0.1) is 0 Å². The van der Waals surface area contributed by atoms with E-state index in [1.54, 1.807) is 0 Å². The predicted octanol–water partition coefficient (Wildman–Crippen LogP) is 1.12. The largest absolute Gasteiger partial charge is 0.481 e. The fourth-order valence-corrected chi connectivity index (χ4v) is 3.72. The number of likely N-dealkylation sites (tertiary alicyclic amines) is 1. The number of ether oxygens (including phenoxy) is 2. The van der Waals surface area contributed by atoms with Crippen molar-refractivity contribution in [3.8, 4) is 0 Å². The van der Waals surface area contributed by atoms with Crippen molar-refractivity contribution in [2.75, 3.05) is 32.9 Å². The van der Waals surface area contributed by atoms with Crippen molar-refractivity contribution in [1.82, 2.24) is 4.90 Å². The van der Waals surface area contributed by atoms with Gasteiger partial charge in [0.15, 0.2) is 0 Å². The standard InChI is InChI=1S/C14H23NO4/c16-13(17)11-2-1-5-15(9-11)12-3-6-19-14(8-12)4-7-18-10-14/h11-12H,1-10H2,(H,16,17). The maximum atomic E-state index is 11.2. The molecule has 0 bridgehead atoms. The SMILES string of the molecule is O=C(O)C1CCCN(C2CCOC3(CCOC3)C2)C1. The Morgan fingerprint density at radius 3 is 2.95 bits per heavy atom. The van der Waals surface area contributed by atoms with Crippen LogP contribution in [0, 0.1) is 5.92 Å². The van der Waals surface area contributed by atoms with Gasteiger partial charge in [-0.3, -0.25) is 9.69 Å². The summed E-state index contributed by atoms with van der Waals surface area (Å²) in [4.78, 5) is 13.5. The number of piperidine rings is 1. The minimum atomic E-state index is -0.643. The highest BCUT2D eigenvalue weighted by molar-refractivity contribution is 5.70. The molecule has 0 aromatic carbocycles. The molecule has 3 aliphatic rings. The third-order valence-electron chi connectivity index (χ3n) is 4.85. The van der Waals surface area contributed by atoms with Crippen LogP contribution in [0.25, 0.3) is 0 Å². The van der Waals surface area contributed by atoms with Crippen molar-refractivity contribution in [3.63, 3.8) is 0 Å². The molecule has 5 heteroatoms. The molecule has 5 nitrogen and oxygen atoms in total. The second-order valence-corrected chi connectivity index (χ2v) is 6.15. The van der Waals surface area contributed by atoms with Crippen molar-refractivity contribution in [1.29, 1.82) is 0 Å². The molecule has 3 heterocycles. The van der Waals surface area contributed by atoms with Gasteiger partial charge in [-0.25, -0.2) is 0 Å². The quantitative estimate of drug-likeness (QED) is 0.814. The third-order valence-corrected chi connectivity index (χ3v) is 4.85. The third kappa shape index (κ3) is 2.78. The number of hydrogen-bond donors (Lipinski definition) is 1. The van der Waals surface area contributed by atoms with Gasteiger partial charge in [0.25, 0.3) is 0 Å². The number of hydrogen-bond acceptors (Lipinski definition) is 4. The minimum absolute atomic E-state index is 0.0842. The topological polar surface area (TPSA) is 59.0 Å². The number of nitrogens with zero attached hydrogens (tertiary/aromatic N) is 1. The van der Waals surface area contributed by atoms with Crippen LogP contribution in [0.4, 0.5) is 0 Å². The summed E-state index contributed by atoms with van der Waals surface area (Å²) in [5, 5.41) is 9.19. The molecule has 3 rings (SSSR count). The molecule has 3 atom stereocenters. The maximum Gasteiger partial charge on any atom is 0.307 e. The van der Waals surface area contributed by atoms with Gasteiger partial charge in [-0.2, -0.15) is 0 Å². The highest BCUT2D eigenvalue weighted by Gasteiger charge is 2.43. The summed E-state index contributed by atoms with van der Waals surface area (Å²) < 4.78 is 11.4. The molecule has 108 valence electrons. The zero-order chi connectivity index (χ0) is 13.3. The normalized spacial score (nSPS) is 40.6. The molecule has 3 fully saturated rings.